The Morgan fingerprint density at radius 3 is 2.36 bits per heavy atom. The Labute approximate surface area is 145 Å². The minimum Gasteiger partial charge on any atom is -0.368 e. The van der Waals surface area contributed by atoms with E-state index < -0.39 is 35.4 Å². The van der Waals surface area contributed by atoms with Crippen LogP contribution in [0.4, 0.5) is 13.2 Å². The van der Waals surface area contributed by atoms with Crippen LogP contribution in [0.15, 0.2) is 35.4 Å². The van der Waals surface area contributed by atoms with Gasteiger partial charge in [-0.3, -0.25) is 4.79 Å². The fraction of sp³-hybridized carbons (Fsp3) is 0.556. The second-order valence-corrected chi connectivity index (χ2v) is 7.33. The van der Waals surface area contributed by atoms with Gasteiger partial charge in [0, 0.05) is 18.3 Å². The zero-order valence-electron chi connectivity index (χ0n) is 14.6. The molecular weight excluding hydrogens is 333 g/mol. The molecule has 0 aliphatic carbocycles. The molecule has 25 heavy (non-hydrogen) atoms. The predicted octanol–water partition coefficient (Wildman–Crippen LogP) is 3.89. The molecule has 1 atom stereocenters. The minimum atomic E-state index is -4.67. The number of aliphatic hydroxyl groups is 1. The van der Waals surface area contributed by atoms with E-state index in [1.165, 1.54) is 0 Å². The van der Waals surface area contributed by atoms with Crippen LogP contribution in [0.1, 0.15) is 45.6 Å². The Morgan fingerprint density at radius 1 is 1.24 bits per heavy atom. The van der Waals surface area contributed by atoms with Gasteiger partial charge in [0.05, 0.1) is 0 Å². The quantitative estimate of drug-likeness (QED) is 0.890. The van der Waals surface area contributed by atoms with E-state index in [1.54, 1.807) is 20.8 Å². The number of nitrogens with zero attached hydrogens (tertiary/aromatic N) is 2. The van der Waals surface area contributed by atoms with Gasteiger partial charge < -0.3 is 5.11 Å². The molecule has 0 saturated carbocycles. The minimum absolute atomic E-state index is 0.0158. The number of hydrazone groups is 1. The van der Waals surface area contributed by atoms with Gasteiger partial charge in [0.15, 0.2) is 5.72 Å². The zero-order chi connectivity index (χ0) is 18.9. The summed E-state index contributed by atoms with van der Waals surface area (Å²) in [5, 5.41) is 14.9. The number of benzene rings is 1. The number of alkyl halides is 3. The van der Waals surface area contributed by atoms with Crippen LogP contribution in [0.2, 0.25) is 0 Å². The van der Waals surface area contributed by atoms with Crippen LogP contribution in [-0.4, -0.2) is 33.6 Å². The van der Waals surface area contributed by atoms with E-state index in [1.807, 2.05) is 30.3 Å². The molecule has 0 saturated heterocycles. The number of carbonyl (C=O) groups excluding carboxylic acids is 1. The van der Waals surface area contributed by atoms with Gasteiger partial charge in [0.2, 0.25) is 5.91 Å². The summed E-state index contributed by atoms with van der Waals surface area (Å²) in [4.78, 5) is 12.5. The molecule has 1 heterocycles. The Morgan fingerprint density at radius 2 is 1.84 bits per heavy atom. The largest absolute Gasteiger partial charge is 0.431 e. The maximum Gasteiger partial charge on any atom is 0.431 e. The first-order chi connectivity index (χ1) is 11.4. The molecule has 0 fully saturated rings. The first-order valence-electron chi connectivity index (χ1n) is 8.19. The third-order valence-corrected chi connectivity index (χ3v) is 4.45. The molecule has 0 bridgehead atoms. The lowest BCUT2D eigenvalue weighted by Gasteiger charge is -2.41. The molecule has 1 aromatic carbocycles. The SMILES string of the molecule is CC(C)(C)C1(O)CC(C(F)(F)F)=NN1C(=O)CCCc1ccccc1. The fourth-order valence-electron chi connectivity index (χ4n) is 2.74. The fourth-order valence-corrected chi connectivity index (χ4v) is 2.74. The number of carbonyl (C=O) groups is 1. The van der Waals surface area contributed by atoms with Crippen LogP contribution in [0.5, 0.6) is 0 Å². The molecule has 0 radical (unpaired) electrons. The van der Waals surface area contributed by atoms with Gasteiger partial charge >= 0.3 is 6.18 Å². The molecule has 1 amide bonds. The number of aryl methyl sites for hydroxylation is 1. The average molecular weight is 356 g/mol. The number of hydrogen-bond acceptors (Lipinski definition) is 3. The average Bonchev–Trinajstić information content (AvgIpc) is 2.87. The summed E-state index contributed by atoms with van der Waals surface area (Å²) in [6.07, 6.45) is -4.27. The van der Waals surface area contributed by atoms with E-state index in [4.69, 9.17) is 0 Å². The van der Waals surface area contributed by atoms with Crippen molar-refractivity contribution in [2.45, 2.75) is 58.4 Å². The smallest absolute Gasteiger partial charge is 0.368 e. The van der Waals surface area contributed by atoms with Crippen molar-refractivity contribution in [3.8, 4) is 0 Å². The maximum atomic E-state index is 13.0. The molecule has 0 spiro atoms. The standard InChI is InChI=1S/C18H23F3N2O2/c1-16(2,3)17(25)12-14(18(19,20)21)22-23(17)15(24)11-7-10-13-8-5-4-6-9-13/h4-6,8-9,25H,7,10-12H2,1-3H3. The van der Waals surface area contributed by atoms with Crippen molar-refractivity contribution in [3.63, 3.8) is 0 Å². The normalized spacial score (nSPS) is 21.4. The van der Waals surface area contributed by atoms with E-state index in [0.717, 1.165) is 5.56 Å². The van der Waals surface area contributed by atoms with Crippen LogP contribution in [0.25, 0.3) is 0 Å². The van der Waals surface area contributed by atoms with Gasteiger partial charge in [0.25, 0.3) is 0 Å². The van der Waals surface area contributed by atoms with Crippen molar-refractivity contribution < 1.29 is 23.1 Å². The topological polar surface area (TPSA) is 52.9 Å². The summed E-state index contributed by atoms with van der Waals surface area (Å²) in [5.41, 5.74) is -3.04. The van der Waals surface area contributed by atoms with Crippen molar-refractivity contribution >= 4 is 11.6 Å². The third-order valence-electron chi connectivity index (χ3n) is 4.45. The highest BCUT2D eigenvalue weighted by atomic mass is 19.4. The summed E-state index contributed by atoms with van der Waals surface area (Å²) in [5.74, 6) is -0.604. The van der Waals surface area contributed by atoms with E-state index in [9.17, 15) is 23.1 Å². The van der Waals surface area contributed by atoms with Gasteiger partial charge in [-0.25, -0.2) is 5.01 Å². The van der Waals surface area contributed by atoms with Crippen LogP contribution in [0.3, 0.4) is 0 Å². The van der Waals surface area contributed by atoms with Crippen molar-refractivity contribution in [3.05, 3.63) is 35.9 Å². The molecule has 138 valence electrons. The van der Waals surface area contributed by atoms with Crippen molar-refractivity contribution in [2.75, 3.05) is 0 Å². The third kappa shape index (κ3) is 4.21. The summed E-state index contributed by atoms with van der Waals surface area (Å²) in [6, 6.07) is 9.50. The van der Waals surface area contributed by atoms with Crippen molar-refractivity contribution in [2.24, 2.45) is 10.5 Å². The Kier molecular flexibility index (Phi) is 5.27. The molecule has 1 unspecified atom stereocenters. The zero-order valence-corrected chi connectivity index (χ0v) is 14.6. The summed E-state index contributed by atoms with van der Waals surface area (Å²) >= 11 is 0. The second kappa shape index (κ2) is 6.78. The first-order valence-corrected chi connectivity index (χ1v) is 8.19. The Hall–Kier alpha value is -1.89. The van der Waals surface area contributed by atoms with Crippen LogP contribution >= 0.6 is 0 Å². The molecule has 4 nitrogen and oxygen atoms in total. The van der Waals surface area contributed by atoms with Gasteiger partial charge in [-0.05, 0) is 18.4 Å². The molecular formula is C18H23F3N2O2. The van der Waals surface area contributed by atoms with E-state index in [0.29, 0.717) is 17.9 Å². The number of hydrogen-bond donors (Lipinski definition) is 1. The molecule has 1 aromatic rings. The molecule has 1 N–H and O–H groups in total. The van der Waals surface area contributed by atoms with E-state index in [-0.39, 0.29) is 6.42 Å². The van der Waals surface area contributed by atoms with Gasteiger partial charge in [0.1, 0.15) is 5.71 Å². The van der Waals surface area contributed by atoms with Gasteiger partial charge in [-0.2, -0.15) is 18.3 Å². The first kappa shape index (κ1) is 19.4. The molecule has 7 heteroatoms. The highest BCUT2D eigenvalue weighted by Gasteiger charge is 2.57. The van der Waals surface area contributed by atoms with E-state index >= 15 is 0 Å². The summed E-state index contributed by atoms with van der Waals surface area (Å²) in [7, 11) is 0. The predicted molar refractivity (Wildman–Crippen MR) is 88.7 cm³/mol. The van der Waals surface area contributed by atoms with Gasteiger partial charge in [-0.15, -0.1) is 0 Å². The van der Waals surface area contributed by atoms with Crippen LogP contribution < -0.4 is 0 Å². The summed E-state index contributed by atoms with van der Waals surface area (Å²) < 4.78 is 39.1. The Bertz CT molecular complexity index is 651. The lowest BCUT2D eigenvalue weighted by atomic mass is 9.80. The summed E-state index contributed by atoms with van der Waals surface area (Å²) in [6.45, 7) is 4.77. The van der Waals surface area contributed by atoms with Crippen molar-refractivity contribution in [1.29, 1.82) is 0 Å². The molecule has 0 aromatic heterocycles. The molecule has 1 aliphatic heterocycles. The van der Waals surface area contributed by atoms with E-state index in [2.05, 4.69) is 5.10 Å². The number of amides is 1. The van der Waals surface area contributed by atoms with Crippen molar-refractivity contribution in [1.82, 2.24) is 5.01 Å². The lowest BCUT2D eigenvalue weighted by molar-refractivity contribution is -0.182. The lowest BCUT2D eigenvalue weighted by Crippen LogP contribution is -2.55. The molecule has 2 rings (SSSR count). The number of halogens is 3. The van der Waals surface area contributed by atoms with Crippen LogP contribution in [0, 0.1) is 5.41 Å². The second-order valence-electron chi connectivity index (χ2n) is 7.33. The number of rotatable bonds is 4. The molecule has 1 aliphatic rings. The highest BCUT2D eigenvalue weighted by Crippen LogP contribution is 2.43. The van der Waals surface area contributed by atoms with Gasteiger partial charge in [-0.1, -0.05) is 51.1 Å². The monoisotopic (exact) mass is 356 g/mol. The van der Waals surface area contributed by atoms with Crippen LogP contribution in [-0.2, 0) is 11.2 Å². The maximum absolute atomic E-state index is 13.0. The Balaban J connectivity index is 2.12. The highest BCUT2D eigenvalue weighted by molar-refractivity contribution is 5.94.